The second kappa shape index (κ2) is 9.02. The Hall–Kier alpha value is -4.21. The van der Waals surface area contributed by atoms with Crippen LogP contribution in [0.25, 0.3) is 11.0 Å². The van der Waals surface area contributed by atoms with Gasteiger partial charge in [-0.1, -0.05) is 12.1 Å². The first-order valence-electron chi connectivity index (χ1n) is 11.7. The van der Waals surface area contributed by atoms with Crippen molar-refractivity contribution in [3.8, 4) is 28.7 Å². The minimum Gasteiger partial charge on any atom is -0.508 e. The zero-order valence-corrected chi connectivity index (χ0v) is 19.9. The predicted octanol–water partition coefficient (Wildman–Crippen LogP) is 3.38. The van der Waals surface area contributed by atoms with Gasteiger partial charge in [-0.2, -0.15) is 0 Å². The van der Waals surface area contributed by atoms with E-state index in [9.17, 15) is 35.4 Å². The molecule has 192 valence electrons. The van der Waals surface area contributed by atoms with Crippen LogP contribution in [0.1, 0.15) is 41.9 Å². The van der Waals surface area contributed by atoms with E-state index in [-0.39, 0.29) is 63.0 Å². The van der Waals surface area contributed by atoms with E-state index in [1.165, 1.54) is 18.2 Å². The molecule has 0 fully saturated rings. The van der Waals surface area contributed by atoms with E-state index in [0.29, 0.717) is 12.8 Å². The molecule has 3 atom stereocenters. The SMILES string of the molecule is C[C@]1(CCc2cccc(O)c2)Oc2cc3oc([C@H](O)c4cc(O)cc(O)c4)cc(=O)c3c(O)c2C[C@H]1O. The summed E-state index contributed by atoms with van der Waals surface area (Å²) < 4.78 is 11.9. The predicted molar refractivity (Wildman–Crippen MR) is 133 cm³/mol. The number of ether oxygens (including phenoxy) is 1. The Balaban J connectivity index is 1.51. The zero-order chi connectivity index (χ0) is 26.5. The van der Waals surface area contributed by atoms with Crippen LogP contribution in [0, 0.1) is 0 Å². The third kappa shape index (κ3) is 4.54. The lowest BCUT2D eigenvalue weighted by Crippen LogP contribution is -2.49. The summed E-state index contributed by atoms with van der Waals surface area (Å²) >= 11 is 0. The molecule has 0 amide bonds. The number of benzene rings is 3. The quantitative estimate of drug-likeness (QED) is 0.238. The van der Waals surface area contributed by atoms with Crippen molar-refractivity contribution < 1.29 is 39.8 Å². The first kappa shape index (κ1) is 24.5. The summed E-state index contributed by atoms with van der Waals surface area (Å²) in [5.41, 5.74) is -0.448. The average molecular weight is 507 g/mol. The second-order valence-corrected chi connectivity index (χ2v) is 9.58. The van der Waals surface area contributed by atoms with Crippen molar-refractivity contribution in [3.05, 3.63) is 87.3 Å². The molecule has 4 aromatic rings. The molecule has 0 unspecified atom stereocenters. The van der Waals surface area contributed by atoms with Gasteiger partial charge in [0.1, 0.15) is 57.2 Å². The van der Waals surface area contributed by atoms with E-state index < -0.39 is 23.2 Å². The molecular formula is C28H26O9. The summed E-state index contributed by atoms with van der Waals surface area (Å²) in [6, 6.07) is 12.8. The highest BCUT2D eigenvalue weighted by molar-refractivity contribution is 5.87. The van der Waals surface area contributed by atoms with Gasteiger partial charge in [-0.25, -0.2) is 0 Å². The monoisotopic (exact) mass is 506 g/mol. The van der Waals surface area contributed by atoms with Gasteiger partial charge in [0.25, 0.3) is 0 Å². The zero-order valence-electron chi connectivity index (χ0n) is 19.9. The van der Waals surface area contributed by atoms with Gasteiger partial charge in [0, 0.05) is 30.2 Å². The van der Waals surface area contributed by atoms with Crippen LogP contribution < -0.4 is 10.2 Å². The molecule has 6 N–H and O–H groups in total. The molecule has 0 saturated carbocycles. The Bertz CT molecular complexity index is 1540. The van der Waals surface area contributed by atoms with Crippen molar-refractivity contribution in [2.75, 3.05) is 0 Å². The number of hydrogen-bond acceptors (Lipinski definition) is 9. The highest BCUT2D eigenvalue weighted by atomic mass is 16.5. The van der Waals surface area contributed by atoms with Crippen LogP contribution in [0.5, 0.6) is 28.7 Å². The van der Waals surface area contributed by atoms with Gasteiger partial charge in [-0.05, 0) is 55.2 Å². The smallest absolute Gasteiger partial charge is 0.196 e. The van der Waals surface area contributed by atoms with Crippen molar-refractivity contribution in [1.82, 2.24) is 0 Å². The lowest BCUT2D eigenvalue weighted by Gasteiger charge is -2.40. The average Bonchev–Trinajstić information content (AvgIpc) is 2.83. The van der Waals surface area contributed by atoms with Crippen LogP contribution in [0.4, 0.5) is 0 Å². The van der Waals surface area contributed by atoms with E-state index in [0.717, 1.165) is 17.7 Å². The molecule has 37 heavy (non-hydrogen) atoms. The molecule has 2 heterocycles. The number of hydrogen-bond donors (Lipinski definition) is 6. The van der Waals surface area contributed by atoms with E-state index in [1.54, 1.807) is 25.1 Å². The highest BCUT2D eigenvalue weighted by Gasteiger charge is 2.41. The molecule has 1 aliphatic heterocycles. The fourth-order valence-electron chi connectivity index (χ4n) is 4.75. The first-order valence-corrected chi connectivity index (χ1v) is 11.7. The van der Waals surface area contributed by atoms with Crippen LogP contribution in [0.15, 0.2) is 63.8 Å². The molecule has 0 saturated heterocycles. The molecular weight excluding hydrogens is 480 g/mol. The molecule has 3 aromatic carbocycles. The summed E-state index contributed by atoms with van der Waals surface area (Å²) in [4.78, 5) is 12.9. The minimum absolute atomic E-state index is 0.0334. The van der Waals surface area contributed by atoms with Crippen molar-refractivity contribution >= 4 is 11.0 Å². The van der Waals surface area contributed by atoms with E-state index in [1.807, 2.05) is 6.07 Å². The van der Waals surface area contributed by atoms with Gasteiger partial charge in [0.15, 0.2) is 5.43 Å². The highest BCUT2D eigenvalue weighted by Crippen LogP contribution is 2.44. The molecule has 5 rings (SSSR count). The summed E-state index contributed by atoms with van der Waals surface area (Å²) in [7, 11) is 0. The molecule has 0 aliphatic carbocycles. The number of phenols is 4. The minimum atomic E-state index is -1.48. The fourth-order valence-corrected chi connectivity index (χ4v) is 4.75. The first-order chi connectivity index (χ1) is 17.5. The van der Waals surface area contributed by atoms with Crippen molar-refractivity contribution in [3.63, 3.8) is 0 Å². The lowest BCUT2D eigenvalue weighted by atomic mass is 9.84. The maximum Gasteiger partial charge on any atom is 0.196 e. The van der Waals surface area contributed by atoms with Gasteiger partial charge in [-0.3, -0.25) is 4.79 Å². The molecule has 1 aromatic heterocycles. The summed E-state index contributed by atoms with van der Waals surface area (Å²) in [5, 5.41) is 61.6. The molecule has 9 heteroatoms. The van der Waals surface area contributed by atoms with Crippen LogP contribution in [0.3, 0.4) is 0 Å². The third-order valence-electron chi connectivity index (χ3n) is 6.85. The Morgan fingerprint density at radius 2 is 1.73 bits per heavy atom. The Morgan fingerprint density at radius 3 is 2.43 bits per heavy atom. The van der Waals surface area contributed by atoms with Crippen LogP contribution in [-0.4, -0.2) is 42.3 Å². The Morgan fingerprint density at radius 1 is 1.00 bits per heavy atom. The molecule has 1 aliphatic rings. The van der Waals surface area contributed by atoms with E-state index >= 15 is 0 Å². The molecule has 0 bridgehead atoms. The van der Waals surface area contributed by atoms with Gasteiger partial charge >= 0.3 is 0 Å². The summed E-state index contributed by atoms with van der Waals surface area (Å²) in [6.07, 6.45) is -1.51. The number of aliphatic hydroxyl groups excluding tert-OH is 2. The lowest BCUT2D eigenvalue weighted by molar-refractivity contribution is -0.0595. The van der Waals surface area contributed by atoms with Gasteiger partial charge in [0.05, 0.1) is 6.10 Å². The van der Waals surface area contributed by atoms with Crippen molar-refractivity contribution in [1.29, 1.82) is 0 Å². The molecule has 0 radical (unpaired) electrons. The van der Waals surface area contributed by atoms with Gasteiger partial charge in [0.2, 0.25) is 0 Å². The topological polar surface area (TPSA) is 161 Å². The summed E-state index contributed by atoms with van der Waals surface area (Å²) in [6.45, 7) is 1.75. The Labute approximate surface area is 211 Å². The van der Waals surface area contributed by atoms with Crippen LogP contribution >= 0.6 is 0 Å². The number of phenolic OH excluding ortho intramolecular Hbond substituents is 4. The normalized spacial score (nSPS) is 19.8. The van der Waals surface area contributed by atoms with Gasteiger partial charge in [-0.15, -0.1) is 0 Å². The maximum absolute atomic E-state index is 12.9. The molecule has 9 nitrogen and oxygen atoms in total. The number of rotatable bonds is 5. The second-order valence-electron chi connectivity index (χ2n) is 9.58. The number of fused-ring (bicyclic) bond motifs is 2. The van der Waals surface area contributed by atoms with Crippen LogP contribution in [0.2, 0.25) is 0 Å². The van der Waals surface area contributed by atoms with Crippen molar-refractivity contribution in [2.24, 2.45) is 0 Å². The number of aliphatic hydroxyl groups is 2. The number of aryl methyl sites for hydroxylation is 1. The third-order valence-corrected chi connectivity index (χ3v) is 6.85. The van der Waals surface area contributed by atoms with E-state index in [4.69, 9.17) is 9.15 Å². The largest absolute Gasteiger partial charge is 0.508 e. The fraction of sp³-hybridized carbons (Fsp3) is 0.250. The summed E-state index contributed by atoms with van der Waals surface area (Å²) in [5.74, 6) is -0.709. The van der Waals surface area contributed by atoms with Gasteiger partial charge < -0.3 is 39.8 Å². The number of aromatic hydroxyl groups is 4. The Kier molecular flexibility index (Phi) is 5.97. The van der Waals surface area contributed by atoms with Crippen LogP contribution in [-0.2, 0) is 12.8 Å². The molecule has 0 spiro atoms. The maximum atomic E-state index is 12.9. The standard InChI is InChI=1S/C28H26O9/c1-28(6-5-14-3-2-4-16(29)7-14)24(33)11-19-21(37-28)13-22-25(27(19)35)20(32)12-23(36-22)26(34)15-8-17(30)10-18(31)9-15/h2-4,7-10,12-13,24,26,29-31,33-35H,5-6,11H2,1H3/t24-,26-,28-/m1/s1. The van der Waals surface area contributed by atoms with Crippen molar-refractivity contribution in [2.45, 2.75) is 44.0 Å². The van der Waals surface area contributed by atoms with E-state index in [2.05, 4.69) is 0 Å².